The summed E-state index contributed by atoms with van der Waals surface area (Å²) in [5, 5.41) is 16.8. The van der Waals surface area contributed by atoms with E-state index >= 15 is 4.39 Å². The molecule has 15 heteroatoms. The number of fused-ring (bicyclic) bond motifs is 1. The Labute approximate surface area is 241 Å². The van der Waals surface area contributed by atoms with Gasteiger partial charge in [-0.2, -0.15) is 5.09 Å². The topological polar surface area (TPSA) is 159 Å². The summed E-state index contributed by atoms with van der Waals surface area (Å²) in [4.78, 5) is 25.4. The van der Waals surface area contributed by atoms with Crippen molar-refractivity contribution in [3.05, 3.63) is 42.5 Å². The van der Waals surface area contributed by atoms with Gasteiger partial charge in [0.2, 0.25) is 5.67 Å². The Morgan fingerprint density at radius 3 is 2.76 bits per heavy atom. The van der Waals surface area contributed by atoms with E-state index in [2.05, 4.69) is 25.4 Å². The lowest BCUT2D eigenvalue weighted by Gasteiger charge is -2.25. The predicted octanol–water partition coefficient (Wildman–Crippen LogP) is 3.05. The van der Waals surface area contributed by atoms with Crippen LogP contribution in [0.1, 0.15) is 38.7 Å². The Balaban J connectivity index is 1.39. The summed E-state index contributed by atoms with van der Waals surface area (Å²) < 4.78 is 53.4. The fraction of sp³-hybridized carbons (Fsp3) is 0.481. The zero-order chi connectivity index (χ0) is 30.1. The van der Waals surface area contributed by atoms with Crippen LogP contribution >= 0.6 is 7.75 Å². The second-order valence-electron chi connectivity index (χ2n) is 10.0. The van der Waals surface area contributed by atoms with E-state index in [1.807, 2.05) is 5.92 Å². The number of carbonyl (C=O) groups excluding carboxylic acids is 1. The molecular weight excluding hydrogens is 570 g/mol. The Kier molecular flexibility index (Phi) is 8.50. The van der Waals surface area contributed by atoms with E-state index in [1.54, 1.807) is 32.0 Å². The molecule has 1 saturated heterocycles. The van der Waals surface area contributed by atoms with Crippen molar-refractivity contribution in [1.82, 2.24) is 24.6 Å². The van der Waals surface area contributed by atoms with Gasteiger partial charge in [0.25, 0.3) is 0 Å². The number of aryl methyl sites for hydroxylation is 1. The number of hydrogen-bond acceptors (Lipinski definition) is 11. The number of alkyl halides is 1. The predicted molar refractivity (Wildman–Crippen MR) is 149 cm³/mol. The number of aliphatic hydroxyl groups excluding tert-OH is 1. The first-order valence-corrected chi connectivity index (χ1v) is 15.0. The van der Waals surface area contributed by atoms with E-state index in [0.717, 1.165) is 12.8 Å². The summed E-state index contributed by atoms with van der Waals surface area (Å²) in [5.41, 5.74) is -2.09. The lowest BCUT2D eigenvalue weighted by molar-refractivity contribution is -0.144. The standard InChI is InChI=1S/C27H32FN6O7P/c1-5-27(28)22(35)20(14-39-42(37,33-16(3)25(36)38-6-2)41-19-10-8-7-9-11-19)40-26(27)34-15-29-21-23(32-18-12-13-18)30-17(4)31-24(21)34/h1,7-11,15-16,18,20,22,26,35H,6,12-14H2,2-4H3,(H,33,37)(H,30,31,32)/t16-,20+,22+,26+,27+,42?/m0/s1. The number of terminal acetylenes is 1. The highest BCUT2D eigenvalue weighted by Crippen LogP contribution is 2.48. The molecule has 13 nitrogen and oxygen atoms in total. The molecule has 2 aromatic heterocycles. The Bertz CT molecular complexity index is 1530. The maximum absolute atomic E-state index is 16.3. The zero-order valence-corrected chi connectivity index (χ0v) is 24.2. The van der Waals surface area contributed by atoms with Gasteiger partial charge < -0.3 is 24.4 Å². The number of anilines is 1. The van der Waals surface area contributed by atoms with Crippen LogP contribution in [-0.2, 0) is 23.4 Å². The van der Waals surface area contributed by atoms with E-state index in [1.165, 1.54) is 30.0 Å². The summed E-state index contributed by atoms with van der Waals surface area (Å²) in [6, 6.07) is 7.29. The van der Waals surface area contributed by atoms with Crippen molar-refractivity contribution < 1.29 is 37.4 Å². The van der Waals surface area contributed by atoms with Crippen LogP contribution in [0.5, 0.6) is 5.75 Å². The van der Waals surface area contributed by atoms with Gasteiger partial charge in [-0.1, -0.05) is 24.1 Å². The van der Waals surface area contributed by atoms with E-state index in [0.29, 0.717) is 17.2 Å². The van der Waals surface area contributed by atoms with Gasteiger partial charge >= 0.3 is 13.7 Å². The second kappa shape index (κ2) is 11.9. The summed E-state index contributed by atoms with van der Waals surface area (Å²) in [7, 11) is -4.31. The third-order valence-electron chi connectivity index (χ3n) is 6.74. The molecule has 3 heterocycles. The van der Waals surface area contributed by atoms with Crippen LogP contribution in [0.15, 0.2) is 36.7 Å². The van der Waals surface area contributed by atoms with Crippen LogP contribution in [0.4, 0.5) is 10.2 Å². The van der Waals surface area contributed by atoms with E-state index in [-0.39, 0.29) is 24.0 Å². The largest absolute Gasteiger partial charge is 0.465 e. The number of rotatable bonds is 12. The van der Waals surface area contributed by atoms with Gasteiger partial charge in [-0.25, -0.2) is 23.9 Å². The molecule has 224 valence electrons. The molecule has 6 atom stereocenters. The van der Waals surface area contributed by atoms with Gasteiger partial charge in [-0.15, -0.1) is 6.42 Å². The van der Waals surface area contributed by atoms with E-state index in [9.17, 15) is 14.5 Å². The fourth-order valence-corrected chi connectivity index (χ4v) is 5.97. The number of nitrogens with zero attached hydrogens (tertiary/aromatic N) is 4. The molecule has 0 amide bonds. The summed E-state index contributed by atoms with van der Waals surface area (Å²) >= 11 is 0. The molecule has 1 unspecified atom stereocenters. The lowest BCUT2D eigenvalue weighted by atomic mass is 9.97. The molecule has 2 fully saturated rings. The first-order valence-electron chi connectivity index (χ1n) is 13.5. The average molecular weight is 603 g/mol. The number of aromatic nitrogens is 4. The number of para-hydroxylation sites is 1. The maximum Gasteiger partial charge on any atom is 0.459 e. The Hall–Kier alpha value is -3.60. The molecule has 42 heavy (non-hydrogen) atoms. The molecule has 0 spiro atoms. The Morgan fingerprint density at radius 2 is 2.10 bits per heavy atom. The normalized spacial score (nSPS) is 25.9. The number of aliphatic hydroxyl groups is 1. The minimum atomic E-state index is -4.31. The smallest absolute Gasteiger partial charge is 0.459 e. The highest BCUT2D eigenvalue weighted by molar-refractivity contribution is 7.52. The number of ether oxygens (including phenoxy) is 2. The zero-order valence-electron chi connectivity index (χ0n) is 23.3. The van der Waals surface area contributed by atoms with Gasteiger partial charge in [0, 0.05) is 6.04 Å². The first-order chi connectivity index (χ1) is 20.1. The van der Waals surface area contributed by atoms with Gasteiger partial charge in [-0.3, -0.25) is 13.9 Å². The SMILES string of the molecule is C#C[C@@]1(F)[C@H](O)[C@@H](COP(=O)(N[C@@H](C)C(=O)OCC)Oc2ccccc2)O[C@H]1n1cnc2c(NC3CC3)nc(C)nc21. The van der Waals surface area contributed by atoms with Crippen LogP contribution in [0, 0.1) is 19.3 Å². The van der Waals surface area contributed by atoms with E-state index < -0.39 is 50.5 Å². The maximum atomic E-state index is 16.3. The molecule has 5 rings (SSSR count). The number of esters is 1. The number of nitrogens with one attached hydrogen (secondary N) is 2. The third kappa shape index (κ3) is 6.11. The average Bonchev–Trinajstić information content (AvgIpc) is 3.62. The number of imidazole rings is 1. The van der Waals surface area contributed by atoms with Gasteiger partial charge in [0.1, 0.15) is 29.8 Å². The first kappa shape index (κ1) is 29.9. The van der Waals surface area contributed by atoms with Crippen LogP contribution in [0.3, 0.4) is 0 Å². The Morgan fingerprint density at radius 1 is 1.36 bits per heavy atom. The van der Waals surface area contributed by atoms with Crippen molar-refractivity contribution in [1.29, 1.82) is 0 Å². The van der Waals surface area contributed by atoms with Crippen LogP contribution in [-0.4, -0.2) is 73.8 Å². The molecule has 1 saturated carbocycles. The molecule has 3 aromatic rings. The van der Waals surface area contributed by atoms with Gasteiger partial charge in [0.15, 0.2) is 23.2 Å². The van der Waals surface area contributed by atoms with Crippen molar-refractivity contribution in [2.24, 2.45) is 0 Å². The van der Waals surface area contributed by atoms with E-state index in [4.69, 9.17) is 24.9 Å². The van der Waals surface area contributed by atoms with Crippen molar-refractivity contribution in [2.75, 3.05) is 18.5 Å². The van der Waals surface area contributed by atoms with Gasteiger partial charge in [-0.05, 0) is 45.7 Å². The van der Waals surface area contributed by atoms with Crippen molar-refractivity contribution in [2.45, 2.75) is 69.8 Å². The summed E-state index contributed by atoms with van der Waals surface area (Å²) in [6.07, 6.45) is 4.05. The van der Waals surface area contributed by atoms with Crippen molar-refractivity contribution >= 4 is 30.7 Å². The molecule has 0 bridgehead atoms. The second-order valence-corrected chi connectivity index (χ2v) is 11.7. The van der Waals surface area contributed by atoms with Crippen molar-refractivity contribution in [3.63, 3.8) is 0 Å². The van der Waals surface area contributed by atoms with Crippen molar-refractivity contribution in [3.8, 4) is 18.1 Å². The monoisotopic (exact) mass is 602 g/mol. The molecular formula is C27H32FN6O7P. The molecule has 1 aliphatic carbocycles. The number of carbonyl (C=O) groups is 1. The lowest BCUT2D eigenvalue weighted by Crippen LogP contribution is -2.42. The highest BCUT2D eigenvalue weighted by atomic mass is 31.2. The minimum Gasteiger partial charge on any atom is -0.465 e. The van der Waals surface area contributed by atoms with Crippen LogP contribution in [0.25, 0.3) is 11.2 Å². The molecule has 3 N–H and O–H groups in total. The van der Waals surface area contributed by atoms with Crippen LogP contribution < -0.4 is 14.9 Å². The molecule has 0 radical (unpaired) electrons. The molecule has 2 aliphatic rings. The quantitative estimate of drug-likeness (QED) is 0.158. The number of hydrogen-bond donors (Lipinski definition) is 3. The number of benzene rings is 1. The highest BCUT2D eigenvalue weighted by Gasteiger charge is 2.58. The summed E-state index contributed by atoms with van der Waals surface area (Å²) in [5.74, 6) is 2.41. The van der Waals surface area contributed by atoms with Crippen LogP contribution in [0.2, 0.25) is 0 Å². The molecule has 1 aromatic carbocycles. The minimum absolute atomic E-state index is 0.106. The molecule has 1 aliphatic heterocycles. The third-order valence-corrected chi connectivity index (χ3v) is 8.38. The van der Waals surface area contributed by atoms with Gasteiger partial charge in [0.05, 0.1) is 19.5 Å². The number of halogens is 1. The summed E-state index contributed by atoms with van der Waals surface area (Å²) in [6.45, 7) is 4.23. The fourth-order valence-electron chi connectivity index (χ4n) is 4.47.